The van der Waals surface area contributed by atoms with Crippen molar-refractivity contribution in [3.8, 4) is 0 Å². The summed E-state index contributed by atoms with van der Waals surface area (Å²) in [5, 5.41) is 0. The highest BCUT2D eigenvalue weighted by Crippen LogP contribution is 2.18. The molecule has 0 atom stereocenters. The average molecular weight is 211 g/mol. The highest BCUT2D eigenvalue weighted by atomic mass is 32.1. The highest BCUT2D eigenvalue weighted by molar-refractivity contribution is 7.14. The Morgan fingerprint density at radius 3 is 3.07 bits per heavy atom. The summed E-state index contributed by atoms with van der Waals surface area (Å²) in [4.78, 5) is 12.9. The fraction of sp³-hybridized carbons (Fsp3) is 0.300. The molecule has 1 aromatic heterocycles. The molecule has 0 saturated carbocycles. The molecule has 2 N–H and O–H groups in total. The van der Waals surface area contributed by atoms with E-state index in [1.165, 1.54) is 11.3 Å². The number of thiophene rings is 1. The molecule has 0 saturated heterocycles. The SMILES string of the molecule is CCOC(=O)c1ccc(C=CCN)s1. The zero-order valence-corrected chi connectivity index (χ0v) is 8.84. The molecule has 0 aliphatic carbocycles. The lowest BCUT2D eigenvalue weighted by atomic mass is 10.4. The molecule has 3 nitrogen and oxygen atoms in total. The molecule has 4 heteroatoms. The van der Waals surface area contributed by atoms with Crippen molar-refractivity contribution in [1.29, 1.82) is 0 Å². The van der Waals surface area contributed by atoms with Crippen LogP contribution in [-0.2, 0) is 4.74 Å². The first-order chi connectivity index (χ1) is 6.77. The number of hydrogen-bond donors (Lipinski definition) is 1. The predicted molar refractivity (Wildman–Crippen MR) is 58.4 cm³/mol. The van der Waals surface area contributed by atoms with Gasteiger partial charge in [-0.15, -0.1) is 11.3 Å². The van der Waals surface area contributed by atoms with Crippen molar-refractivity contribution in [3.05, 3.63) is 28.0 Å². The fourth-order valence-corrected chi connectivity index (χ4v) is 1.77. The molecular weight excluding hydrogens is 198 g/mol. The summed E-state index contributed by atoms with van der Waals surface area (Å²) in [5.41, 5.74) is 5.32. The first-order valence-electron chi connectivity index (χ1n) is 4.41. The zero-order valence-electron chi connectivity index (χ0n) is 8.03. The van der Waals surface area contributed by atoms with Crippen LogP contribution in [0.5, 0.6) is 0 Å². The number of carbonyl (C=O) groups excluding carboxylic acids is 1. The summed E-state index contributed by atoms with van der Waals surface area (Å²) in [5.74, 6) is -0.259. The Labute approximate surface area is 87.2 Å². The summed E-state index contributed by atoms with van der Waals surface area (Å²) >= 11 is 1.40. The summed E-state index contributed by atoms with van der Waals surface area (Å²) in [6.07, 6.45) is 3.74. The molecule has 0 radical (unpaired) electrons. The van der Waals surface area contributed by atoms with Crippen LogP contribution in [0.15, 0.2) is 18.2 Å². The van der Waals surface area contributed by atoms with E-state index in [4.69, 9.17) is 10.5 Å². The van der Waals surface area contributed by atoms with Crippen LogP contribution in [0, 0.1) is 0 Å². The van der Waals surface area contributed by atoms with Crippen LogP contribution in [0.25, 0.3) is 6.08 Å². The van der Waals surface area contributed by atoms with E-state index in [1.54, 1.807) is 13.0 Å². The number of nitrogens with two attached hydrogens (primary N) is 1. The second kappa shape index (κ2) is 5.57. The fourth-order valence-electron chi connectivity index (χ4n) is 0.939. The first-order valence-corrected chi connectivity index (χ1v) is 5.23. The molecule has 0 aromatic carbocycles. The third-order valence-corrected chi connectivity index (χ3v) is 2.55. The monoisotopic (exact) mass is 211 g/mol. The van der Waals surface area contributed by atoms with E-state index in [9.17, 15) is 4.79 Å². The minimum Gasteiger partial charge on any atom is -0.462 e. The lowest BCUT2D eigenvalue weighted by Gasteiger charge is -1.96. The van der Waals surface area contributed by atoms with Gasteiger partial charge in [0.25, 0.3) is 0 Å². The number of carbonyl (C=O) groups is 1. The maximum Gasteiger partial charge on any atom is 0.348 e. The van der Waals surface area contributed by atoms with Crippen molar-refractivity contribution in [2.24, 2.45) is 5.73 Å². The standard InChI is InChI=1S/C10H13NO2S/c1-2-13-10(12)9-6-5-8(14-9)4-3-7-11/h3-6H,2,7,11H2,1H3. The van der Waals surface area contributed by atoms with Gasteiger partial charge in [0.15, 0.2) is 0 Å². The minimum absolute atomic E-state index is 0.259. The maximum atomic E-state index is 11.3. The molecule has 1 heterocycles. The van der Waals surface area contributed by atoms with Gasteiger partial charge in [-0.1, -0.05) is 6.08 Å². The first kappa shape index (κ1) is 10.9. The number of rotatable bonds is 4. The molecule has 0 amide bonds. The lowest BCUT2D eigenvalue weighted by Crippen LogP contribution is -2.01. The number of ether oxygens (including phenoxy) is 1. The summed E-state index contributed by atoms with van der Waals surface area (Å²) in [7, 11) is 0. The van der Waals surface area contributed by atoms with Crippen molar-refractivity contribution in [1.82, 2.24) is 0 Å². The summed E-state index contributed by atoms with van der Waals surface area (Å²) in [6, 6.07) is 3.64. The van der Waals surface area contributed by atoms with Crippen LogP contribution in [0.4, 0.5) is 0 Å². The van der Waals surface area contributed by atoms with E-state index in [0.29, 0.717) is 18.0 Å². The molecule has 0 aliphatic heterocycles. The van der Waals surface area contributed by atoms with E-state index in [2.05, 4.69) is 0 Å². The van der Waals surface area contributed by atoms with E-state index in [1.807, 2.05) is 18.2 Å². The topological polar surface area (TPSA) is 52.3 Å². The van der Waals surface area contributed by atoms with Crippen LogP contribution >= 0.6 is 11.3 Å². The van der Waals surface area contributed by atoms with Crippen LogP contribution in [0.2, 0.25) is 0 Å². The molecule has 0 spiro atoms. The second-order valence-electron chi connectivity index (χ2n) is 2.56. The Bertz CT molecular complexity index is 331. The Kier molecular flexibility index (Phi) is 4.35. The maximum absolute atomic E-state index is 11.3. The van der Waals surface area contributed by atoms with Gasteiger partial charge in [0.1, 0.15) is 4.88 Å². The highest BCUT2D eigenvalue weighted by Gasteiger charge is 2.08. The van der Waals surface area contributed by atoms with Gasteiger partial charge in [-0.2, -0.15) is 0 Å². The molecule has 1 aromatic rings. The van der Waals surface area contributed by atoms with Gasteiger partial charge >= 0.3 is 5.97 Å². The van der Waals surface area contributed by atoms with Crippen molar-refractivity contribution in [2.75, 3.05) is 13.2 Å². The quantitative estimate of drug-likeness (QED) is 0.774. The van der Waals surface area contributed by atoms with Gasteiger partial charge in [-0.3, -0.25) is 0 Å². The lowest BCUT2D eigenvalue weighted by molar-refractivity contribution is 0.0532. The van der Waals surface area contributed by atoms with Crippen molar-refractivity contribution >= 4 is 23.4 Å². The second-order valence-corrected chi connectivity index (χ2v) is 3.68. The molecule has 0 aliphatic rings. The van der Waals surface area contributed by atoms with Crippen LogP contribution < -0.4 is 5.73 Å². The van der Waals surface area contributed by atoms with Crippen molar-refractivity contribution in [3.63, 3.8) is 0 Å². The molecule has 0 unspecified atom stereocenters. The van der Waals surface area contributed by atoms with Gasteiger partial charge in [0.05, 0.1) is 6.61 Å². The van der Waals surface area contributed by atoms with Gasteiger partial charge in [-0.05, 0) is 25.1 Å². The van der Waals surface area contributed by atoms with Gasteiger partial charge < -0.3 is 10.5 Å². The largest absolute Gasteiger partial charge is 0.462 e. The Morgan fingerprint density at radius 2 is 2.43 bits per heavy atom. The van der Waals surface area contributed by atoms with E-state index >= 15 is 0 Å². The van der Waals surface area contributed by atoms with Crippen LogP contribution in [-0.4, -0.2) is 19.1 Å². The van der Waals surface area contributed by atoms with Crippen molar-refractivity contribution in [2.45, 2.75) is 6.92 Å². The smallest absolute Gasteiger partial charge is 0.348 e. The molecule has 1 rings (SSSR count). The van der Waals surface area contributed by atoms with E-state index in [-0.39, 0.29) is 5.97 Å². The predicted octanol–water partition coefficient (Wildman–Crippen LogP) is 1.90. The third kappa shape index (κ3) is 2.97. The molecule has 0 fully saturated rings. The van der Waals surface area contributed by atoms with E-state index in [0.717, 1.165) is 4.88 Å². The van der Waals surface area contributed by atoms with Gasteiger partial charge in [0.2, 0.25) is 0 Å². The zero-order chi connectivity index (χ0) is 10.4. The molecular formula is C10H13NO2S. The van der Waals surface area contributed by atoms with Gasteiger partial charge in [0, 0.05) is 11.4 Å². The third-order valence-electron chi connectivity index (χ3n) is 1.52. The average Bonchev–Trinajstić information content (AvgIpc) is 2.63. The summed E-state index contributed by atoms with van der Waals surface area (Å²) < 4.78 is 4.87. The molecule has 76 valence electrons. The molecule has 14 heavy (non-hydrogen) atoms. The van der Waals surface area contributed by atoms with E-state index < -0.39 is 0 Å². The Hall–Kier alpha value is -1.13. The van der Waals surface area contributed by atoms with Gasteiger partial charge in [-0.25, -0.2) is 4.79 Å². The van der Waals surface area contributed by atoms with Crippen LogP contribution in [0.1, 0.15) is 21.5 Å². The Morgan fingerprint density at radius 1 is 1.64 bits per heavy atom. The number of esters is 1. The van der Waals surface area contributed by atoms with Crippen molar-refractivity contribution < 1.29 is 9.53 Å². The minimum atomic E-state index is -0.259. The molecule has 0 bridgehead atoms. The normalized spacial score (nSPS) is 10.7. The Balaban J connectivity index is 2.67. The van der Waals surface area contributed by atoms with Crippen LogP contribution in [0.3, 0.4) is 0 Å². The summed E-state index contributed by atoms with van der Waals surface area (Å²) in [6.45, 7) is 2.71. The number of hydrogen-bond acceptors (Lipinski definition) is 4.